The Labute approximate surface area is 187 Å². The fourth-order valence-electron chi connectivity index (χ4n) is 3.31. The van der Waals surface area contributed by atoms with Crippen LogP contribution < -0.4 is 4.72 Å². The molecule has 31 heavy (non-hydrogen) atoms. The summed E-state index contributed by atoms with van der Waals surface area (Å²) in [7, 11) is -0.268. The predicted octanol–water partition coefficient (Wildman–Crippen LogP) is 1.46. The molecule has 0 radical (unpaired) electrons. The second-order valence-electron chi connectivity index (χ2n) is 7.64. The van der Waals surface area contributed by atoms with Gasteiger partial charge in [0, 0.05) is 57.3 Å². The van der Waals surface area contributed by atoms with Crippen LogP contribution in [0.2, 0.25) is 0 Å². The average molecular weight is 465 g/mol. The van der Waals surface area contributed by atoms with Crippen molar-refractivity contribution in [3.05, 3.63) is 52.2 Å². The number of thiophene rings is 1. The van der Waals surface area contributed by atoms with Crippen molar-refractivity contribution in [3.63, 3.8) is 0 Å². The van der Waals surface area contributed by atoms with E-state index in [-0.39, 0.29) is 23.3 Å². The van der Waals surface area contributed by atoms with E-state index in [1.54, 1.807) is 36.0 Å². The summed E-state index contributed by atoms with van der Waals surface area (Å²) in [6.45, 7) is 2.95. The van der Waals surface area contributed by atoms with Crippen LogP contribution in [0.4, 0.5) is 0 Å². The molecule has 1 aliphatic heterocycles. The van der Waals surface area contributed by atoms with E-state index in [1.165, 1.54) is 23.5 Å². The van der Waals surface area contributed by atoms with Gasteiger partial charge < -0.3 is 9.80 Å². The first kappa shape index (κ1) is 23.4. The molecule has 0 spiro atoms. The van der Waals surface area contributed by atoms with Crippen LogP contribution >= 0.6 is 11.3 Å². The summed E-state index contributed by atoms with van der Waals surface area (Å²) in [4.78, 5) is 31.3. The van der Waals surface area contributed by atoms with Crippen LogP contribution in [0, 0.1) is 0 Å². The van der Waals surface area contributed by atoms with Crippen molar-refractivity contribution >= 4 is 33.2 Å². The van der Waals surface area contributed by atoms with Crippen LogP contribution in [0.15, 0.2) is 46.7 Å². The second kappa shape index (κ2) is 10.4. The summed E-state index contributed by atoms with van der Waals surface area (Å²) < 4.78 is 27.9. The molecule has 2 heterocycles. The van der Waals surface area contributed by atoms with Gasteiger partial charge in [0.25, 0.3) is 5.91 Å². The zero-order chi connectivity index (χ0) is 22.4. The topological polar surface area (TPSA) is 90.0 Å². The van der Waals surface area contributed by atoms with E-state index >= 15 is 0 Å². The van der Waals surface area contributed by atoms with Crippen molar-refractivity contribution in [2.45, 2.75) is 17.9 Å². The number of hydrogen-bond acceptors (Lipinski definition) is 6. The fourth-order valence-corrected chi connectivity index (χ4v) is 5.09. The van der Waals surface area contributed by atoms with Gasteiger partial charge >= 0.3 is 0 Å². The summed E-state index contributed by atoms with van der Waals surface area (Å²) >= 11 is 1.48. The lowest BCUT2D eigenvalue weighted by atomic mass is 10.2. The number of carbonyl (C=O) groups is 2. The van der Waals surface area contributed by atoms with Gasteiger partial charge in [0.05, 0.1) is 11.4 Å². The Hall–Kier alpha value is -2.27. The number of sulfonamides is 1. The number of rotatable bonds is 7. The molecule has 1 aromatic carbocycles. The van der Waals surface area contributed by atoms with Crippen LogP contribution in [0.3, 0.4) is 0 Å². The van der Waals surface area contributed by atoms with Gasteiger partial charge in [0.15, 0.2) is 0 Å². The smallest absolute Gasteiger partial charge is 0.253 e. The number of benzene rings is 1. The molecule has 0 unspecified atom stereocenters. The van der Waals surface area contributed by atoms with E-state index in [9.17, 15) is 18.0 Å². The molecule has 0 saturated carbocycles. The van der Waals surface area contributed by atoms with Crippen molar-refractivity contribution in [2.24, 2.45) is 0 Å². The number of hydrogen-bond donors (Lipinski definition) is 1. The van der Waals surface area contributed by atoms with Crippen molar-refractivity contribution in [1.29, 1.82) is 0 Å². The fraction of sp³-hybridized carbons (Fsp3) is 0.429. The first-order valence-corrected chi connectivity index (χ1v) is 12.5. The van der Waals surface area contributed by atoms with Gasteiger partial charge in [-0.3, -0.25) is 14.5 Å². The van der Waals surface area contributed by atoms with Crippen molar-refractivity contribution in [2.75, 3.05) is 46.8 Å². The van der Waals surface area contributed by atoms with Crippen LogP contribution in [-0.4, -0.2) is 81.8 Å². The molecular weight excluding hydrogens is 436 g/mol. The minimum atomic E-state index is -3.73. The highest BCUT2D eigenvalue weighted by Crippen LogP contribution is 2.16. The maximum absolute atomic E-state index is 13.0. The molecule has 1 saturated heterocycles. The standard InChI is InChI=1S/C21H28N4O4S2/c1-23(2)20(26)16-24-9-5-10-25(12-11-24)21(27)17-6-3-8-19(14-17)31(28,29)22-15-18-7-4-13-30-18/h3-4,6-8,13-14,22H,5,9-12,15-16H2,1-2H3. The molecule has 1 N–H and O–H groups in total. The highest BCUT2D eigenvalue weighted by Gasteiger charge is 2.23. The molecule has 8 nitrogen and oxygen atoms in total. The molecular formula is C21H28N4O4S2. The van der Waals surface area contributed by atoms with E-state index in [4.69, 9.17) is 0 Å². The maximum atomic E-state index is 13.0. The SMILES string of the molecule is CN(C)C(=O)CN1CCCN(C(=O)c2cccc(S(=O)(=O)NCc3cccs3)c2)CC1. The predicted molar refractivity (Wildman–Crippen MR) is 120 cm³/mol. The molecule has 1 fully saturated rings. The Morgan fingerprint density at radius 2 is 1.90 bits per heavy atom. The number of nitrogens with zero attached hydrogens (tertiary/aromatic N) is 3. The number of nitrogens with one attached hydrogen (secondary N) is 1. The van der Waals surface area contributed by atoms with Gasteiger partial charge in [-0.15, -0.1) is 11.3 Å². The Kier molecular flexibility index (Phi) is 7.82. The Morgan fingerprint density at radius 3 is 2.61 bits per heavy atom. The number of amides is 2. The van der Waals surface area contributed by atoms with Gasteiger partial charge in [-0.25, -0.2) is 13.1 Å². The monoisotopic (exact) mass is 464 g/mol. The highest BCUT2D eigenvalue weighted by molar-refractivity contribution is 7.89. The van der Waals surface area contributed by atoms with Crippen molar-refractivity contribution in [3.8, 4) is 0 Å². The average Bonchev–Trinajstić information content (AvgIpc) is 3.17. The summed E-state index contributed by atoms with van der Waals surface area (Å²) in [5.41, 5.74) is 0.344. The van der Waals surface area contributed by atoms with Gasteiger partial charge in [-0.1, -0.05) is 12.1 Å². The summed E-state index contributed by atoms with van der Waals surface area (Å²) in [5.74, 6) is -0.163. The number of likely N-dealkylation sites (N-methyl/N-ethyl adjacent to an activating group) is 1. The Morgan fingerprint density at radius 1 is 1.10 bits per heavy atom. The Balaban J connectivity index is 1.65. The largest absolute Gasteiger partial charge is 0.348 e. The second-order valence-corrected chi connectivity index (χ2v) is 10.4. The zero-order valence-electron chi connectivity index (χ0n) is 17.8. The van der Waals surface area contributed by atoms with Crippen molar-refractivity contribution < 1.29 is 18.0 Å². The molecule has 2 amide bonds. The van der Waals surface area contributed by atoms with Gasteiger partial charge in [0.1, 0.15) is 0 Å². The molecule has 0 atom stereocenters. The molecule has 1 aromatic heterocycles. The first-order valence-electron chi connectivity index (χ1n) is 10.1. The lowest BCUT2D eigenvalue weighted by molar-refractivity contribution is -0.129. The summed E-state index contributed by atoms with van der Waals surface area (Å²) in [6, 6.07) is 9.88. The van der Waals surface area contributed by atoms with E-state index in [2.05, 4.69) is 4.72 Å². The first-order chi connectivity index (χ1) is 14.8. The van der Waals surface area contributed by atoms with Crippen LogP contribution in [0.5, 0.6) is 0 Å². The normalized spacial score (nSPS) is 15.5. The lowest BCUT2D eigenvalue weighted by Crippen LogP contribution is -2.39. The highest BCUT2D eigenvalue weighted by atomic mass is 32.2. The van der Waals surface area contributed by atoms with Gasteiger partial charge in [-0.05, 0) is 36.1 Å². The van der Waals surface area contributed by atoms with Crippen LogP contribution in [0.1, 0.15) is 21.7 Å². The van der Waals surface area contributed by atoms with E-state index < -0.39 is 10.0 Å². The third kappa shape index (κ3) is 6.36. The lowest BCUT2D eigenvalue weighted by Gasteiger charge is -2.23. The Bertz CT molecular complexity index is 1010. The molecule has 0 aliphatic carbocycles. The molecule has 10 heteroatoms. The molecule has 168 valence electrons. The van der Waals surface area contributed by atoms with Crippen LogP contribution in [0.25, 0.3) is 0 Å². The summed E-state index contributed by atoms with van der Waals surface area (Å²) in [6.07, 6.45) is 0.757. The minimum absolute atomic E-state index is 0.0349. The maximum Gasteiger partial charge on any atom is 0.253 e. The molecule has 3 rings (SSSR count). The quantitative estimate of drug-likeness (QED) is 0.670. The van der Waals surface area contributed by atoms with E-state index in [0.717, 1.165) is 17.8 Å². The zero-order valence-corrected chi connectivity index (χ0v) is 19.4. The molecule has 1 aliphatic rings. The third-order valence-corrected chi connectivity index (χ3v) is 7.42. The van der Waals surface area contributed by atoms with Gasteiger partial charge in [0.2, 0.25) is 15.9 Å². The minimum Gasteiger partial charge on any atom is -0.348 e. The third-order valence-electron chi connectivity index (χ3n) is 5.14. The molecule has 2 aromatic rings. The van der Waals surface area contributed by atoms with Gasteiger partial charge in [-0.2, -0.15) is 0 Å². The van der Waals surface area contributed by atoms with Crippen LogP contribution in [-0.2, 0) is 21.4 Å². The van der Waals surface area contributed by atoms with E-state index in [0.29, 0.717) is 31.7 Å². The van der Waals surface area contributed by atoms with Crippen molar-refractivity contribution in [1.82, 2.24) is 19.4 Å². The van der Waals surface area contributed by atoms with E-state index in [1.807, 2.05) is 22.4 Å². The molecule has 0 bridgehead atoms. The summed E-state index contributed by atoms with van der Waals surface area (Å²) in [5, 5.41) is 1.89. The number of carbonyl (C=O) groups excluding carboxylic acids is 2.